The number of rotatable bonds is 46. The van der Waals surface area contributed by atoms with Gasteiger partial charge >= 0.3 is 51.3 Å². The highest BCUT2D eigenvalue weighted by atomic mass is 31.2. The smallest absolute Gasteiger partial charge is 0.407 e. The van der Waals surface area contributed by atoms with Crippen molar-refractivity contribution in [2.45, 2.75) is 220 Å². The summed E-state index contributed by atoms with van der Waals surface area (Å²) in [6.45, 7) is 13.2. The molecule has 1 rings (SSSR count). The molecule has 0 aliphatic heterocycles. The van der Waals surface area contributed by atoms with Gasteiger partial charge in [-0.1, -0.05) is 168 Å². The molecule has 78 heavy (non-hydrogen) atoms. The van der Waals surface area contributed by atoms with Crippen LogP contribution in [0.3, 0.4) is 0 Å². The fourth-order valence-electron chi connectivity index (χ4n) is 10.00. The number of carbonyl (C=O) groups is 6. The number of amides is 2. The molecule has 0 aromatic heterocycles. The first-order chi connectivity index (χ1) is 37.0. The zero-order valence-corrected chi connectivity index (χ0v) is 49.5. The van der Waals surface area contributed by atoms with Gasteiger partial charge in [0.25, 0.3) is 0 Å². The minimum Gasteiger partial charge on any atom is -0.461 e. The fourth-order valence-corrected chi connectivity index (χ4v) is 10.9. The molecule has 0 aromatic carbocycles. The SMILES string of the molecule is C=C(C)C(=O)OCC(COC(=O)CP(=O)(O)O)OC(=O)NCCCCCCCCCC1CCC(CCCCC)C(CCCCCCC)C1CCCCCCCCCNC(=O)OC(COC(=O)CP(=O)(O)O)COC(=O)C(=C)C. The van der Waals surface area contributed by atoms with Gasteiger partial charge in [0, 0.05) is 24.2 Å². The summed E-state index contributed by atoms with van der Waals surface area (Å²) in [5.41, 5.74) is 0.233. The highest BCUT2D eigenvalue weighted by molar-refractivity contribution is 7.53. The highest BCUT2D eigenvalue weighted by Gasteiger charge is 2.38. The van der Waals surface area contributed by atoms with Crippen LogP contribution < -0.4 is 10.6 Å². The first kappa shape index (κ1) is 72.2. The van der Waals surface area contributed by atoms with Crippen LogP contribution in [-0.2, 0) is 56.7 Å². The number of hydrogen-bond donors (Lipinski definition) is 6. The van der Waals surface area contributed by atoms with Crippen LogP contribution in [0.4, 0.5) is 9.59 Å². The first-order valence-corrected chi connectivity index (χ1v) is 32.6. The van der Waals surface area contributed by atoms with Crippen molar-refractivity contribution < 1.29 is 85.9 Å². The monoisotopic (exact) mass is 1150 g/mol. The van der Waals surface area contributed by atoms with Crippen LogP contribution in [0.15, 0.2) is 24.3 Å². The lowest BCUT2D eigenvalue weighted by molar-refractivity contribution is -0.150. The van der Waals surface area contributed by atoms with Crippen molar-refractivity contribution in [1.29, 1.82) is 0 Å². The Kier molecular flexibility index (Phi) is 39.8. The molecule has 0 bridgehead atoms. The molecule has 1 fully saturated rings. The van der Waals surface area contributed by atoms with E-state index in [1.807, 2.05) is 0 Å². The Morgan fingerprint density at radius 2 is 0.756 bits per heavy atom. The lowest BCUT2D eigenvalue weighted by Gasteiger charge is -2.44. The molecule has 0 aromatic rings. The van der Waals surface area contributed by atoms with Crippen molar-refractivity contribution in [3.05, 3.63) is 24.3 Å². The van der Waals surface area contributed by atoms with E-state index < -0.39 is 102 Å². The van der Waals surface area contributed by atoms with Gasteiger partial charge in [0.05, 0.1) is 0 Å². The zero-order valence-electron chi connectivity index (χ0n) is 47.7. The molecule has 6 N–H and O–H groups in total. The number of esters is 4. The van der Waals surface area contributed by atoms with Gasteiger partial charge in [-0.3, -0.25) is 18.7 Å². The van der Waals surface area contributed by atoms with Gasteiger partial charge in [-0.25, -0.2) is 19.2 Å². The predicted molar refractivity (Wildman–Crippen MR) is 298 cm³/mol. The molecular formula is C56H100N2O18P2. The summed E-state index contributed by atoms with van der Waals surface area (Å²) >= 11 is 0. The van der Waals surface area contributed by atoms with Crippen molar-refractivity contribution in [1.82, 2.24) is 10.6 Å². The number of alkyl carbamates (subject to hydrolysis) is 2. The van der Waals surface area contributed by atoms with E-state index in [1.54, 1.807) is 0 Å². The average Bonchev–Trinajstić information content (AvgIpc) is 3.36. The molecule has 1 aliphatic carbocycles. The molecule has 0 saturated heterocycles. The van der Waals surface area contributed by atoms with Crippen molar-refractivity contribution in [2.75, 3.05) is 51.8 Å². The van der Waals surface area contributed by atoms with Crippen LogP contribution in [0.1, 0.15) is 207 Å². The van der Waals surface area contributed by atoms with Gasteiger partial charge in [-0.2, -0.15) is 0 Å². The van der Waals surface area contributed by atoms with E-state index in [2.05, 4.69) is 37.6 Å². The van der Waals surface area contributed by atoms with Crippen LogP contribution in [0.5, 0.6) is 0 Å². The third-order valence-corrected chi connectivity index (χ3v) is 15.4. The van der Waals surface area contributed by atoms with E-state index in [4.69, 9.17) is 48.0 Å². The second-order valence-corrected chi connectivity index (χ2v) is 24.6. The zero-order chi connectivity index (χ0) is 58.2. The molecule has 452 valence electrons. The Bertz CT molecular complexity index is 1860. The van der Waals surface area contributed by atoms with Gasteiger partial charge in [0.1, 0.15) is 38.8 Å². The second-order valence-electron chi connectivity index (χ2n) is 21.3. The maximum absolute atomic E-state index is 12.5. The summed E-state index contributed by atoms with van der Waals surface area (Å²) < 4.78 is 52.6. The Balaban J connectivity index is 2.63. The van der Waals surface area contributed by atoms with Gasteiger partial charge < -0.3 is 58.6 Å². The fraction of sp³-hybridized carbons (Fsp3) is 0.821. The lowest BCUT2D eigenvalue weighted by Crippen LogP contribution is -2.36. The Hall–Kier alpha value is -3.80. The van der Waals surface area contributed by atoms with Gasteiger partial charge in [-0.05, 0) is 76.0 Å². The molecular weight excluding hydrogens is 1050 g/mol. The molecule has 0 heterocycles. The summed E-state index contributed by atoms with van der Waals surface area (Å²) in [5.74, 6) is -0.647. The van der Waals surface area contributed by atoms with Crippen molar-refractivity contribution in [2.24, 2.45) is 23.7 Å². The maximum atomic E-state index is 12.5. The first-order valence-electron chi connectivity index (χ1n) is 29.0. The van der Waals surface area contributed by atoms with Crippen LogP contribution in [-0.4, -0.2) is 120 Å². The van der Waals surface area contributed by atoms with Crippen LogP contribution in [0.25, 0.3) is 0 Å². The second kappa shape index (κ2) is 43.0. The summed E-state index contributed by atoms with van der Waals surface area (Å²) in [6, 6.07) is 0. The number of nitrogens with one attached hydrogen (secondary N) is 2. The molecule has 0 spiro atoms. The molecule has 1 aliphatic rings. The summed E-state index contributed by atoms with van der Waals surface area (Å²) in [7, 11) is -9.30. The van der Waals surface area contributed by atoms with Gasteiger partial charge in [0.2, 0.25) is 0 Å². The number of hydrogen-bond acceptors (Lipinski definition) is 14. The maximum Gasteiger partial charge on any atom is 0.407 e. The molecule has 2 amide bonds. The van der Waals surface area contributed by atoms with E-state index in [1.165, 1.54) is 142 Å². The predicted octanol–water partition coefficient (Wildman–Crippen LogP) is 11.3. The molecule has 6 atom stereocenters. The summed E-state index contributed by atoms with van der Waals surface area (Å²) in [6.07, 6.45) is 27.0. The highest BCUT2D eigenvalue weighted by Crippen LogP contribution is 2.48. The van der Waals surface area contributed by atoms with Gasteiger partial charge in [-0.15, -0.1) is 0 Å². The molecule has 6 unspecified atom stereocenters. The van der Waals surface area contributed by atoms with Crippen molar-refractivity contribution in [3.8, 4) is 0 Å². The van der Waals surface area contributed by atoms with E-state index in [0.29, 0.717) is 13.1 Å². The van der Waals surface area contributed by atoms with Crippen molar-refractivity contribution in [3.63, 3.8) is 0 Å². The van der Waals surface area contributed by atoms with E-state index in [9.17, 15) is 37.9 Å². The number of ether oxygens (including phenoxy) is 6. The molecule has 22 heteroatoms. The Labute approximate surface area is 465 Å². The normalized spacial score (nSPS) is 17.2. The Morgan fingerprint density at radius 1 is 0.462 bits per heavy atom. The lowest BCUT2D eigenvalue weighted by atomic mass is 9.61. The van der Waals surface area contributed by atoms with Crippen molar-refractivity contribution >= 4 is 51.3 Å². The minimum absolute atomic E-state index is 0.116. The third-order valence-electron chi connectivity index (χ3n) is 14.1. The van der Waals surface area contributed by atoms with Crippen LogP contribution in [0, 0.1) is 23.7 Å². The van der Waals surface area contributed by atoms with E-state index >= 15 is 0 Å². The number of unbranched alkanes of at least 4 members (excludes halogenated alkanes) is 18. The standard InChI is InChI=1S/C56H100N2O18P2/c1-7-9-11-18-25-31-49-45(29-23-10-8-2)33-34-46(30-24-19-14-12-16-21-27-35-57-55(63)75-47(39-73-53(61)43(3)4)37-71-51(59)41-77(65,66)67)50(49)32-26-20-15-13-17-22-28-36-58-56(64)76-48(40-74-54(62)44(5)6)38-72-52(60)42-78(68,69)70/h45-50H,3,5,7-42H2,1-2,4,6H3,(H,57,63)(H,58,64)(H2,65,66,67)(H2,68,69,70). The topological polar surface area (TPSA) is 297 Å². The van der Waals surface area contributed by atoms with E-state index in [-0.39, 0.29) is 11.1 Å². The van der Waals surface area contributed by atoms with Crippen LogP contribution in [0.2, 0.25) is 0 Å². The van der Waals surface area contributed by atoms with Crippen LogP contribution >= 0.6 is 15.2 Å². The average molecular weight is 1150 g/mol. The van der Waals surface area contributed by atoms with E-state index in [0.717, 1.165) is 75.0 Å². The largest absolute Gasteiger partial charge is 0.461 e. The summed E-state index contributed by atoms with van der Waals surface area (Å²) in [5, 5.41) is 5.34. The summed E-state index contributed by atoms with van der Waals surface area (Å²) in [4.78, 5) is 108. The van der Waals surface area contributed by atoms with Gasteiger partial charge in [0.15, 0.2) is 12.2 Å². The molecule has 0 radical (unpaired) electrons. The quantitative estimate of drug-likeness (QED) is 0.0108. The number of carbonyl (C=O) groups excluding carboxylic acids is 6. The molecule has 20 nitrogen and oxygen atoms in total. The minimum atomic E-state index is -4.65. The Morgan fingerprint density at radius 3 is 1.10 bits per heavy atom. The molecule has 1 saturated carbocycles. The third kappa shape index (κ3) is 38.7.